The van der Waals surface area contributed by atoms with Crippen molar-refractivity contribution in [1.82, 2.24) is 14.7 Å². The lowest BCUT2D eigenvalue weighted by molar-refractivity contribution is -0.150. The average molecular weight is 264 g/mol. The lowest BCUT2D eigenvalue weighted by Gasteiger charge is -2.43. The molecular weight excluding hydrogens is 244 g/mol. The number of amides is 1. The van der Waals surface area contributed by atoms with E-state index in [9.17, 15) is 4.79 Å². The molecule has 1 saturated carbocycles. The first-order chi connectivity index (χ1) is 9.24. The number of carbonyl (C=O) groups is 1. The van der Waals surface area contributed by atoms with Crippen molar-refractivity contribution in [3.05, 3.63) is 12.4 Å². The van der Waals surface area contributed by atoms with Gasteiger partial charge in [-0.1, -0.05) is 12.8 Å². The minimum Gasteiger partial charge on any atom is -0.396 e. The Morgan fingerprint density at radius 3 is 3.11 bits per heavy atom. The standard InChI is InChI=1S/C13H20N4O2/c14-10-7-15-16(8-10)9-13(18)17-5-6-19-12-4-2-1-3-11(12)17/h7-8,11-12H,1-6,9,14H2. The molecule has 2 atom stereocenters. The topological polar surface area (TPSA) is 73.4 Å². The molecule has 1 aromatic rings. The first-order valence-electron chi connectivity index (χ1n) is 6.93. The maximum atomic E-state index is 12.4. The number of morpholine rings is 1. The van der Waals surface area contributed by atoms with E-state index in [-0.39, 0.29) is 24.6 Å². The molecule has 1 saturated heterocycles. The molecule has 3 rings (SSSR count). The maximum Gasteiger partial charge on any atom is 0.244 e. The molecule has 2 fully saturated rings. The number of ether oxygens (including phenoxy) is 1. The van der Waals surface area contributed by atoms with E-state index in [1.807, 2.05) is 4.90 Å². The highest BCUT2D eigenvalue weighted by Crippen LogP contribution is 2.28. The van der Waals surface area contributed by atoms with Crippen LogP contribution in [0.1, 0.15) is 25.7 Å². The Bertz CT molecular complexity index is 457. The molecule has 2 N–H and O–H groups in total. The van der Waals surface area contributed by atoms with Crippen LogP contribution in [0.15, 0.2) is 12.4 Å². The summed E-state index contributed by atoms with van der Waals surface area (Å²) in [5.74, 6) is 0.114. The summed E-state index contributed by atoms with van der Waals surface area (Å²) < 4.78 is 7.38. The number of nitrogen functional groups attached to an aromatic ring is 1. The molecule has 1 aliphatic carbocycles. The van der Waals surface area contributed by atoms with Gasteiger partial charge in [0.1, 0.15) is 6.54 Å². The van der Waals surface area contributed by atoms with E-state index in [2.05, 4.69) is 5.10 Å². The van der Waals surface area contributed by atoms with Crippen LogP contribution in [0.2, 0.25) is 0 Å². The van der Waals surface area contributed by atoms with Crippen LogP contribution in [-0.4, -0.2) is 45.9 Å². The second-order valence-electron chi connectivity index (χ2n) is 5.32. The highest BCUT2D eigenvalue weighted by molar-refractivity contribution is 5.76. The van der Waals surface area contributed by atoms with Crippen LogP contribution in [0.25, 0.3) is 0 Å². The van der Waals surface area contributed by atoms with E-state index in [1.165, 1.54) is 12.8 Å². The molecule has 6 nitrogen and oxygen atoms in total. The van der Waals surface area contributed by atoms with Crippen LogP contribution in [0, 0.1) is 0 Å². The van der Waals surface area contributed by atoms with E-state index in [4.69, 9.17) is 10.5 Å². The number of carbonyl (C=O) groups excluding carboxylic acids is 1. The van der Waals surface area contributed by atoms with Gasteiger partial charge in [-0.15, -0.1) is 0 Å². The minimum absolute atomic E-state index is 0.114. The lowest BCUT2D eigenvalue weighted by atomic mass is 9.90. The van der Waals surface area contributed by atoms with E-state index in [0.29, 0.717) is 18.8 Å². The zero-order chi connectivity index (χ0) is 13.2. The van der Waals surface area contributed by atoms with Gasteiger partial charge >= 0.3 is 0 Å². The van der Waals surface area contributed by atoms with Crippen molar-refractivity contribution >= 4 is 11.6 Å². The zero-order valence-corrected chi connectivity index (χ0v) is 11.0. The number of fused-ring (bicyclic) bond motifs is 1. The van der Waals surface area contributed by atoms with Crippen LogP contribution >= 0.6 is 0 Å². The number of nitrogens with zero attached hydrogens (tertiary/aromatic N) is 3. The minimum atomic E-state index is 0.114. The predicted molar refractivity (Wildman–Crippen MR) is 70.3 cm³/mol. The highest BCUT2D eigenvalue weighted by Gasteiger charge is 2.36. The molecule has 2 aliphatic rings. The third kappa shape index (κ3) is 2.58. The number of hydrogen-bond acceptors (Lipinski definition) is 4. The highest BCUT2D eigenvalue weighted by atomic mass is 16.5. The SMILES string of the molecule is Nc1cnn(CC(=O)N2CCOC3CCCCC32)c1. The second-order valence-corrected chi connectivity index (χ2v) is 5.32. The van der Waals surface area contributed by atoms with Crippen LogP contribution in [-0.2, 0) is 16.1 Å². The van der Waals surface area contributed by atoms with Crippen LogP contribution in [0.4, 0.5) is 5.69 Å². The molecule has 1 aromatic heterocycles. The monoisotopic (exact) mass is 264 g/mol. The van der Waals surface area contributed by atoms with Gasteiger partial charge in [0.05, 0.1) is 30.6 Å². The fraction of sp³-hybridized carbons (Fsp3) is 0.692. The first-order valence-corrected chi connectivity index (χ1v) is 6.93. The van der Waals surface area contributed by atoms with Gasteiger partial charge < -0.3 is 15.4 Å². The summed E-state index contributed by atoms with van der Waals surface area (Å²) in [6.45, 7) is 1.60. The van der Waals surface area contributed by atoms with Gasteiger partial charge in [-0.25, -0.2) is 0 Å². The smallest absolute Gasteiger partial charge is 0.244 e. The number of rotatable bonds is 2. The molecule has 104 valence electrons. The normalized spacial score (nSPS) is 27.1. The van der Waals surface area contributed by atoms with Crippen LogP contribution in [0.5, 0.6) is 0 Å². The average Bonchev–Trinajstić information content (AvgIpc) is 2.83. The molecule has 1 aliphatic heterocycles. The molecule has 2 unspecified atom stereocenters. The fourth-order valence-corrected chi connectivity index (χ4v) is 3.10. The number of nitrogens with two attached hydrogens (primary N) is 1. The number of aromatic nitrogens is 2. The Kier molecular flexibility index (Phi) is 3.42. The molecule has 1 amide bonds. The summed E-state index contributed by atoms with van der Waals surface area (Å²) in [7, 11) is 0. The summed E-state index contributed by atoms with van der Waals surface area (Å²) in [6, 6.07) is 0.253. The Morgan fingerprint density at radius 1 is 1.47 bits per heavy atom. The Balaban J connectivity index is 1.67. The third-order valence-corrected chi connectivity index (χ3v) is 4.00. The van der Waals surface area contributed by atoms with Gasteiger partial charge in [0, 0.05) is 12.7 Å². The van der Waals surface area contributed by atoms with E-state index < -0.39 is 0 Å². The Labute approximate surface area is 112 Å². The molecular formula is C13H20N4O2. The number of anilines is 1. The van der Waals surface area contributed by atoms with Gasteiger partial charge in [-0.2, -0.15) is 5.10 Å². The molecule has 6 heteroatoms. The summed E-state index contributed by atoms with van der Waals surface area (Å²) >= 11 is 0. The Hall–Kier alpha value is -1.56. The molecule has 19 heavy (non-hydrogen) atoms. The fourth-order valence-electron chi connectivity index (χ4n) is 3.10. The predicted octanol–water partition coefficient (Wildman–Crippen LogP) is 0.635. The maximum absolute atomic E-state index is 12.4. The van der Waals surface area contributed by atoms with Gasteiger partial charge in [-0.05, 0) is 12.8 Å². The Morgan fingerprint density at radius 2 is 2.32 bits per heavy atom. The zero-order valence-electron chi connectivity index (χ0n) is 11.0. The van der Waals surface area contributed by atoms with Crippen molar-refractivity contribution < 1.29 is 9.53 Å². The quantitative estimate of drug-likeness (QED) is 0.850. The van der Waals surface area contributed by atoms with Crippen molar-refractivity contribution in [2.24, 2.45) is 0 Å². The molecule has 0 aromatic carbocycles. The number of hydrogen-bond donors (Lipinski definition) is 1. The summed E-state index contributed by atoms with van der Waals surface area (Å²) in [4.78, 5) is 14.4. The van der Waals surface area contributed by atoms with Crippen molar-refractivity contribution in [2.75, 3.05) is 18.9 Å². The van der Waals surface area contributed by atoms with E-state index >= 15 is 0 Å². The van der Waals surface area contributed by atoms with Gasteiger partial charge in [0.2, 0.25) is 5.91 Å². The molecule has 0 bridgehead atoms. The summed E-state index contributed by atoms with van der Waals surface area (Å²) in [6.07, 6.45) is 8.00. The molecule has 0 radical (unpaired) electrons. The van der Waals surface area contributed by atoms with Crippen molar-refractivity contribution in [3.8, 4) is 0 Å². The van der Waals surface area contributed by atoms with Gasteiger partial charge in [0.25, 0.3) is 0 Å². The largest absolute Gasteiger partial charge is 0.396 e. The molecule has 2 heterocycles. The van der Waals surface area contributed by atoms with Gasteiger partial charge in [0.15, 0.2) is 0 Å². The summed E-state index contributed by atoms with van der Waals surface area (Å²) in [5.41, 5.74) is 6.20. The van der Waals surface area contributed by atoms with Gasteiger partial charge in [-0.3, -0.25) is 9.48 Å². The van der Waals surface area contributed by atoms with Crippen LogP contribution in [0.3, 0.4) is 0 Å². The summed E-state index contributed by atoms with van der Waals surface area (Å²) in [5, 5.41) is 4.07. The van der Waals surface area contributed by atoms with Crippen molar-refractivity contribution in [2.45, 2.75) is 44.4 Å². The van der Waals surface area contributed by atoms with E-state index in [1.54, 1.807) is 17.1 Å². The molecule has 0 spiro atoms. The second kappa shape index (κ2) is 5.21. The first kappa shape index (κ1) is 12.5. The van der Waals surface area contributed by atoms with Crippen LogP contribution < -0.4 is 5.73 Å². The lowest BCUT2D eigenvalue weighted by Crippen LogP contribution is -2.55. The van der Waals surface area contributed by atoms with Crippen molar-refractivity contribution in [1.29, 1.82) is 0 Å². The van der Waals surface area contributed by atoms with Crippen molar-refractivity contribution in [3.63, 3.8) is 0 Å². The van der Waals surface area contributed by atoms with E-state index in [0.717, 1.165) is 12.8 Å². The third-order valence-electron chi connectivity index (χ3n) is 4.00.